The Balaban J connectivity index is 0.00000208. The maximum atomic E-state index is 5.45. The zero-order chi connectivity index (χ0) is 16.1. The monoisotopic (exact) mass is 527 g/mol. The summed E-state index contributed by atoms with van der Waals surface area (Å²) in [5.41, 5.74) is 1.09. The molecule has 0 spiro atoms. The predicted molar refractivity (Wildman–Crippen MR) is 114 cm³/mol. The third-order valence-corrected chi connectivity index (χ3v) is 5.76. The molecular weight excluding hydrogens is 505 g/mol. The molecule has 1 unspecified atom stereocenters. The summed E-state index contributed by atoms with van der Waals surface area (Å²) in [6.07, 6.45) is 2.63. The third kappa shape index (κ3) is 5.32. The number of nitrogens with one attached hydrogen (secondary N) is 2. The lowest BCUT2D eigenvalue weighted by Crippen LogP contribution is -2.40. The van der Waals surface area contributed by atoms with Crippen molar-refractivity contribution in [2.24, 2.45) is 4.99 Å². The standard InChI is InChI=1S/C16H22BrN3O2S.HI/c1-2-18-16(20-9-12-4-3-5-23-12)19-8-11-6-13(17)15-14(7-11)21-10-22-15;/h6-7,12H,2-5,8-10H2,1H3,(H2,18,19,20);1H. The Labute approximate surface area is 172 Å². The van der Waals surface area contributed by atoms with Crippen molar-refractivity contribution >= 4 is 57.6 Å². The first-order chi connectivity index (χ1) is 11.3. The number of rotatable bonds is 5. The molecule has 0 bridgehead atoms. The quantitative estimate of drug-likeness (QED) is 0.347. The minimum Gasteiger partial charge on any atom is -0.454 e. The lowest BCUT2D eigenvalue weighted by atomic mass is 10.2. The number of hydrogen-bond acceptors (Lipinski definition) is 4. The van der Waals surface area contributed by atoms with Gasteiger partial charge in [0.1, 0.15) is 0 Å². The Morgan fingerprint density at radius 3 is 3.00 bits per heavy atom. The van der Waals surface area contributed by atoms with Crippen LogP contribution in [-0.2, 0) is 6.54 Å². The first-order valence-corrected chi connectivity index (χ1v) is 9.82. The van der Waals surface area contributed by atoms with E-state index in [1.54, 1.807) is 0 Å². The van der Waals surface area contributed by atoms with Gasteiger partial charge in [0.2, 0.25) is 6.79 Å². The Bertz CT molecular complexity index is 583. The van der Waals surface area contributed by atoms with E-state index in [1.165, 1.54) is 18.6 Å². The highest BCUT2D eigenvalue weighted by molar-refractivity contribution is 14.0. The largest absolute Gasteiger partial charge is 0.454 e. The molecule has 2 heterocycles. The van der Waals surface area contributed by atoms with Gasteiger partial charge in [0.05, 0.1) is 11.0 Å². The van der Waals surface area contributed by atoms with Crippen molar-refractivity contribution in [3.63, 3.8) is 0 Å². The zero-order valence-corrected chi connectivity index (χ0v) is 18.4. The predicted octanol–water partition coefficient (Wildman–Crippen LogP) is 3.75. The van der Waals surface area contributed by atoms with Crippen LogP contribution in [0.3, 0.4) is 0 Å². The highest BCUT2D eigenvalue weighted by atomic mass is 127. The van der Waals surface area contributed by atoms with Crippen LogP contribution < -0.4 is 20.1 Å². The van der Waals surface area contributed by atoms with E-state index in [1.807, 2.05) is 12.1 Å². The SMILES string of the molecule is CCNC(=NCc1cc(Br)c2c(c1)OCO2)NCC1CCCS1.I. The van der Waals surface area contributed by atoms with Gasteiger partial charge in [-0.15, -0.1) is 24.0 Å². The molecule has 0 radical (unpaired) electrons. The van der Waals surface area contributed by atoms with E-state index in [0.29, 0.717) is 11.8 Å². The maximum Gasteiger partial charge on any atom is 0.231 e. The molecule has 0 aliphatic carbocycles. The molecule has 3 rings (SSSR count). The second-order valence-corrected chi connectivity index (χ2v) is 7.79. The van der Waals surface area contributed by atoms with E-state index in [9.17, 15) is 0 Å². The van der Waals surface area contributed by atoms with Gasteiger partial charge in [0.25, 0.3) is 0 Å². The van der Waals surface area contributed by atoms with Crippen molar-refractivity contribution < 1.29 is 9.47 Å². The smallest absolute Gasteiger partial charge is 0.231 e. The highest BCUT2D eigenvalue weighted by Gasteiger charge is 2.18. The van der Waals surface area contributed by atoms with Gasteiger partial charge >= 0.3 is 0 Å². The average Bonchev–Trinajstić information content (AvgIpc) is 3.21. The molecule has 1 atom stereocenters. The van der Waals surface area contributed by atoms with Crippen LogP contribution in [0.25, 0.3) is 0 Å². The lowest BCUT2D eigenvalue weighted by Gasteiger charge is -2.14. The molecule has 5 nitrogen and oxygen atoms in total. The van der Waals surface area contributed by atoms with Crippen LogP contribution in [0.5, 0.6) is 11.5 Å². The van der Waals surface area contributed by atoms with E-state index in [-0.39, 0.29) is 30.8 Å². The fourth-order valence-electron chi connectivity index (χ4n) is 2.64. The topological polar surface area (TPSA) is 54.9 Å². The minimum atomic E-state index is 0. The number of guanidine groups is 1. The molecule has 2 aliphatic heterocycles. The van der Waals surface area contributed by atoms with Crippen molar-refractivity contribution in [3.8, 4) is 11.5 Å². The fraction of sp³-hybridized carbons (Fsp3) is 0.562. The summed E-state index contributed by atoms with van der Waals surface area (Å²) in [4.78, 5) is 4.68. The zero-order valence-electron chi connectivity index (χ0n) is 13.6. The first-order valence-electron chi connectivity index (χ1n) is 7.98. The maximum absolute atomic E-state index is 5.45. The number of aliphatic imine (C=N–C) groups is 1. The number of ether oxygens (including phenoxy) is 2. The molecule has 24 heavy (non-hydrogen) atoms. The molecule has 1 saturated heterocycles. The van der Waals surface area contributed by atoms with Gasteiger partial charge < -0.3 is 20.1 Å². The lowest BCUT2D eigenvalue weighted by molar-refractivity contribution is 0.173. The second-order valence-electron chi connectivity index (χ2n) is 5.52. The van der Waals surface area contributed by atoms with Gasteiger partial charge in [-0.25, -0.2) is 4.99 Å². The summed E-state index contributed by atoms with van der Waals surface area (Å²) in [7, 11) is 0. The van der Waals surface area contributed by atoms with Gasteiger partial charge in [-0.3, -0.25) is 0 Å². The molecule has 2 N–H and O–H groups in total. The minimum absolute atomic E-state index is 0. The van der Waals surface area contributed by atoms with Crippen molar-refractivity contribution in [2.75, 3.05) is 25.6 Å². The summed E-state index contributed by atoms with van der Waals surface area (Å²) < 4.78 is 11.8. The Morgan fingerprint density at radius 1 is 1.38 bits per heavy atom. The summed E-state index contributed by atoms with van der Waals surface area (Å²) in [6.45, 7) is 4.79. The fourth-order valence-corrected chi connectivity index (χ4v) is 4.45. The van der Waals surface area contributed by atoms with Crippen molar-refractivity contribution in [1.29, 1.82) is 0 Å². The molecule has 1 aromatic carbocycles. The van der Waals surface area contributed by atoms with Crippen molar-refractivity contribution in [3.05, 3.63) is 22.2 Å². The summed E-state index contributed by atoms with van der Waals surface area (Å²) in [5.74, 6) is 3.71. The van der Waals surface area contributed by atoms with E-state index in [2.05, 4.69) is 50.2 Å². The van der Waals surface area contributed by atoms with Crippen LogP contribution in [0.1, 0.15) is 25.3 Å². The van der Waals surface area contributed by atoms with Crippen molar-refractivity contribution in [2.45, 2.75) is 31.6 Å². The van der Waals surface area contributed by atoms with Gasteiger partial charge in [0, 0.05) is 18.3 Å². The molecule has 8 heteroatoms. The molecule has 0 amide bonds. The Hall–Kier alpha value is -0.350. The van der Waals surface area contributed by atoms with Gasteiger partial charge in [-0.05, 0) is 59.1 Å². The third-order valence-electron chi connectivity index (χ3n) is 3.77. The van der Waals surface area contributed by atoms with Crippen LogP contribution in [0.15, 0.2) is 21.6 Å². The van der Waals surface area contributed by atoms with E-state index in [4.69, 9.17) is 9.47 Å². The normalized spacial score (nSPS) is 19.1. The van der Waals surface area contributed by atoms with E-state index in [0.717, 1.165) is 40.6 Å². The number of hydrogen-bond donors (Lipinski definition) is 2. The molecule has 1 aromatic rings. The Morgan fingerprint density at radius 2 is 2.25 bits per heavy atom. The van der Waals surface area contributed by atoms with Crippen molar-refractivity contribution in [1.82, 2.24) is 10.6 Å². The average molecular weight is 528 g/mol. The van der Waals surface area contributed by atoms with Crippen LogP contribution in [-0.4, -0.2) is 36.8 Å². The molecule has 2 aliphatic rings. The van der Waals surface area contributed by atoms with Crippen LogP contribution in [0, 0.1) is 0 Å². The van der Waals surface area contributed by atoms with E-state index >= 15 is 0 Å². The van der Waals surface area contributed by atoms with Crippen LogP contribution >= 0.6 is 51.7 Å². The Kier molecular flexibility index (Phi) is 8.29. The number of halogens is 2. The van der Waals surface area contributed by atoms with E-state index < -0.39 is 0 Å². The second kappa shape index (κ2) is 9.96. The number of benzene rings is 1. The molecule has 134 valence electrons. The van der Waals surface area contributed by atoms with Gasteiger partial charge in [-0.1, -0.05) is 0 Å². The van der Waals surface area contributed by atoms with Gasteiger partial charge in [0.15, 0.2) is 17.5 Å². The number of nitrogens with zero attached hydrogens (tertiary/aromatic N) is 1. The molecule has 0 saturated carbocycles. The number of fused-ring (bicyclic) bond motifs is 1. The number of thioether (sulfide) groups is 1. The first kappa shape index (κ1) is 20.0. The molecule has 1 fully saturated rings. The molecule has 0 aromatic heterocycles. The summed E-state index contributed by atoms with van der Waals surface area (Å²) in [6, 6.07) is 4.03. The summed E-state index contributed by atoms with van der Waals surface area (Å²) >= 11 is 5.57. The van der Waals surface area contributed by atoms with Crippen LogP contribution in [0.2, 0.25) is 0 Å². The van der Waals surface area contributed by atoms with Crippen LogP contribution in [0.4, 0.5) is 0 Å². The van der Waals surface area contributed by atoms with Gasteiger partial charge in [-0.2, -0.15) is 11.8 Å². The summed E-state index contributed by atoms with van der Waals surface area (Å²) in [5, 5.41) is 7.46. The molecular formula is C16H23BrIN3O2S. The highest BCUT2D eigenvalue weighted by Crippen LogP contribution is 2.40.